The third kappa shape index (κ3) is 4.28. The van der Waals surface area contributed by atoms with Crippen molar-refractivity contribution in [3.63, 3.8) is 0 Å². The van der Waals surface area contributed by atoms with Crippen LogP contribution in [0.2, 0.25) is 0 Å². The fourth-order valence-corrected chi connectivity index (χ4v) is 5.92. The van der Waals surface area contributed by atoms with Crippen LogP contribution in [-0.4, -0.2) is 35.2 Å². The molecular formula is C15H23FN2OS2. The van der Waals surface area contributed by atoms with E-state index in [9.17, 15) is 4.39 Å². The highest BCUT2D eigenvalue weighted by Gasteiger charge is 2.31. The van der Waals surface area contributed by atoms with Crippen molar-refractivity contribution >= 4 is 23.5 Å². The van der Waals surface area contributed by atoms with E-state index in [1.54, 1.807) is 12.1 Å². The summed E-state index contributed by atoms with van der Waals surface area (Å²) >= 11 is 4.00. The van der Waals surface area contributed by atoms with Crippen molar-refractivity contribution in [3.8, 4) is 5.75 Å². The van der Waals surface area contributed by atoms with Gasteiger partial charge in [-0.3, -0.25) is 11.3 Å². The molecule has 1 aliphatic heterocycles. The molecule has 3 N–H and O–H groups in total. The van der Waals surface area contributed by atoms with E-state index in [-0.39, 0.29) is 17.6 Å². The molecule has 0 bridgehead atoms. The molecule has 1 fully saturated rings. The highest BCUT2D eigenvalue weighted by atomic mass is 32.2. The van der Waals surface area contributed by atoms with Crippen LogP contribution in [0.4, 0.5) is 4.39 Å². The number of benzene rings is 1. The number of hydrazine groups is 1. The smallest absolute Gasteiger partial charge is 0.165 e. The zero-order valence-corrected chi connectivity index (χ0v) is 14.1. The summed E-state index contributed by atoms with van der Waals surface area (Å²) in [4.78, 5) is 0. The lowest BCUT2D eigenvalue weighted by molar-refractivity contribution is 0.385. The van der Waals surface area contributed by atoms with E-state index < -0.39 is 0 Å². The summed E-state index contributed by atoms with van der Waals surface area (Å²) in [6.07, 6.45) is 1.86. The average Bonchev–Trinajstić information content (AvgIpc) is 2.52. The Bertz CT molecular complexity index is 461. The van der Waals surface area contributed by atoms with E-state index >= 15 is 0 Å². The van der Waals surface area contributed by atoms with E-state index in [1.165, 1.54) is 12.9 Å². The van der Waals surface area contributed by atoms with Gasteiger partial charge in [0.1, 0.15) is 0 Å². The summed E-state index contributed by atoms with van der Waals surface area (Å²) < 4.78 is 18.8. The highest BCUT2D eigenvalue weighted by Crippen LogP contribution is 2.36. The van der Waals surface area contributed by atoms with Crippen molar-refractivity contribution in [2.24, 2.45) is 5.84 Å². The number of nitrogens with two attached hydrogens (primary N) is 1. The molecule has 21 heavy (non-hydrogen) atoms. The minimum atomic E-state index is -0.316. The van der Waals surface area contributed by atoms with Gasteiger partial charge >= 0.3 is 0 Å². The highest BCUT2D eigenvalue weighted by molar-refractivity contribution is 8.07. The molecule has 6 heteroatoms. The van der Waals surface area contributed by atoms with Gasteiger partial charge in [-0.05, 0) is 30.5 Å². The molecule has 1 heterocycles. The Balaban J connectivity index is 2.09. The molecule has 0 aliphatic carbocycles. The lowest BCUT2D eigenvalue weighted by Gasteiger charge is -2.35. The van der Waals surface area contributed by atoms with E-state index in [2.05, 4.69) is 12.3 Å². The summed E-state index contributed by atoms with van der Waals surface area (Å²) in [6, 6.07) is 5.29. The second-order valence-electron chi connectivity index (χ2n) is 5.10. The van der Waals surface area contributed by atoms with Gasteiger partial charge < -0.3 is 4.74 Å². The topological polar surface area (TPSA) is 47.3 Å². The predicted octanol–water partition coefficient (Wildman–Crippen LogP) is 2.84. The largest absolute Gasteiger partial charge is 0.494 e. The predicted molar refractivity (Wildman–Crippen MR) is 90.6 cm³/mol. The summed E-state index contributed by atoms with van der Waals surface area (Å²) in [6.45, 7) is 2.22. The second kappa shape index (κ2) is 8.27. The normalized spacial score (nSPS) is 23.8. The van der Waals surface area contributed by atoms with Crippen LogP contribution in [-0.2, 0) is 6.42 Å². The fraction of sp³-hybridized carbons (Fsp3) is 0.600. The lowest BCUT2D eigenvalue weighted by Crippen LogP contribution is -2.49. The van der Waals surface area contributed by atoms with Crippen molar-refractivity contribution < 1.29 is 9.13 Å². The van der Waals surface area contributed by atoms with Gasteiger partial charge in [-0.2, -0.15) is 23.5 Å². The van der Waals surface area contributed by atoms with Crippen molar-refractivity contribution in [3.05, 3.63) is 29.6 Å². The van der Waals surface area contributed by atoms with Crippen molar-refractivity contribution in [1.82, 2.24) is 5.43 Å². The van der Waals surface area contributed by atoms with Gasteiger partial charge in [-0.1, -0.05) is 13.0 Å². The van der Waals surface area contributed by atoms with Crippen molar-refractivity contribution in [2.75, 3.05) is 18.6 Å². The first-order valence-corrected chi connectivity index (χ1v) is 9.31. The number of ether oxygens (including phenoxy) is 1. The average molecular weight is 330 g/mol. The van der Waals surface area contributed by atoms with Crippen LogP contribution in [0.15, 0.2) is 18.2 Å². The molecule has 3 nitrogen and oxygen atoms in total. The van der Waals surface area contributed by atoms with Crippen LogP contribution in [0, 0.1) is 5.82 Å². The molecule has 0 amide bonds. The van der Waals surface area contributed by atoms with Crippen LogP contribution in [0.25, 0.3) is 0 Å². The molecule has 0 radical (unpaired) electrons. The molecule has 1 saturated heterocycles. The number of rotatable bonds is 6. The Labute approximate surface area is 134 Å². The SMILES string of the molecule is CCC1SCCSC1C(Cc1ccc(OC)c(F)c1)NN. The molecule has 0 saturated carbocycles. The van der Waals surface area contributed by atoms with Gasteiger partial charge in [0.05, 0.1) is 7.11 Å². The molecule has 3 atom stereocenters. The third-order valence-corrected chi connectivity index (χ3v) is 7.18. The monoisotopic (exact) mass is 330 g/mol. The third-order valence-electron chi connectivity index (χ3n) is 3.78. The van der Waals surface area contributed by atoms with Crippen LogP contribution in [0.5, 0.6) is 5.75 Å². The zero-order chi connectivity index (χ0) is 15.2. The van der Waals surface area contributed by atoms with Gasteiger partial charge in [0, 0.05) is 28.0 Å². The lowest BCUT2D eigenvalue weighted by atomic mass is 10.0. The Kier molecular flexibility index (Phi) is 6.67. The maximum Gasteiger partial charge on any atom is 0.165 e. The number of hydrogen-bond acceptors (Lipinski definition) is 5. The molecule has 1 aromatic carbocycles. The summed E-state index contributed by atoms with van der Waals surface area (Å²) in [5.74, 6) is 8.09. The van der Waals surface area contributed by atoms with Crippen molar-refractivity contribution in [1.29, 1.82) is 0 Å². The van der Waals surface area contributed by atoms with Gasteiger partial charge in [-0.15, -0.1) is 0 Å². The molecule has 0 aromatic heterocycles. The first kappa shape index (κ1) is 16.9. The standard InChI is InChI=1S/C15H23FN2OS2/c1-3-14-15(21-7-6-20-14)12(18-17)9-10-4-5-13(19-2)11(16)8-10/h4-5,8,12,14-15,18H,3,6-7,9,17H2,1-2H3. The summed E-state index contributed by atoms with van der Waals surface area (Å²) in [5, 5.41) is 1.07. The molecular weight excluding hydrogens is 307 g/mol. The van der Waals surface area contributed by atoms with Crippen LogP contribution >= 0.6 is 23.5 Å². The molecule has 2 rings (SSSR count). The number of halogens is 1. The Morgan fingerprint density at radius 1 is 1.43 bits per heavy atom. The van der Waals surface area contributed by atoms with E-state index in [1.807, 2.05) is 29.6 Å². The first-order chi connectivity index (χ1) is 10.2. The number of hydrogen-bond donors (Lipinski definition) is 2. The van der Waals surface area contributed by atoms with Gasteiger partial charge in [-0.25, -0.2) is 4.39 Å². The number of nitrogens with one attached hydrogen (secondary N) is 1. The summed E-state index contributed by atoms with van der Waals surface area (Å²) in [5.41, 5.74) is 3.89. The van der Waals surface area contributed by atoms with E-state index in [0.717, 1.165) is 24.2 Å². The Morgan fingerprint density at radius 3 is 2.81 bits per heavy atom. The van der Waals surface area contributed by atoms with Crippen molar-refractivity contribution in [2.45, 2.75) is 36.3 Å². The number of methoxy groups -OCH3 is 1. The molecule has 0 spiro atoms. The fourth-order valence-electron chi connectivity index (χ4n) is 2.67. The minimum Gasteiger partial charge on any atom is -0.494 e. The van der Waals surface area contributed by atoms with Crippen LogP contribution < -0.4 is 16.0 Å². The quantitative estimate of drug-likeness (QED) is 0.620. The minimum absolute atomic E-state index is 0.153. The number of thioether (sulfide) groups is 2. The molecule has 118 valence electrons. The second-order valence-corrected chi connectivity index (χ2v) is 7.73. The maximum atomic E-state index is 13.8. The molecule has 1 aromatic rings. The van der Waals surface area contributed by atoms with Crippen LogP contribution in [0.3, 0.4) is 0 Å². The zero-order valence-electron chi connectivity index (χ0n) is 12.5. The summed E-state index contributed by atoms with van der Waals surface area (Å²) in [7, 11) is 1.48. The van der Waals surface area contributed by atoms with E-state index in [4.69, 9.17) is 10.6 Å². The maximum absolute atomic E-state index is 13.8. The Morgan fingerprint density at radius 2 is 2.19 bits per heavy atom. The van der Waals surface area contributed by atoms with Gasteiger partial charge in [0.2, 0.25) is 0 Å². The molecule has 1 aliphatic rings. The first-order valence-electron chi connectivity index (χ1n) is 7.21. The van der Waals surface area contributed by atoms with Gasteiger partial charge in [0.25, 0.3) is 0 Å². The Hall–Kier alpha value is -0.430. The van der Waals surface area contributed by atoms with Gasteiger partial charge in [0.15, 0.2) is 11.6 Å². The van der Waals surface area contributed by atoms with E-state index in [0.29, 0.717) is 10.5 Å². The molecule has 3 unspecified atom stereocenters. The van der Waals surface area contributed by atoms with Crippen LogP contribution in [0.1, 0.15) is 18.9 Å².